The molecule has 0 aromatic heterocycles. The molecule has 5 rings (SSSR count). The van der Waals surface area contributed by atoms with Crippen molar-refractivity contribution >= 4 is 23.7 Å². The number of amides is 1. The molecule has 1 spiro atoms. The van der Waals surface area contributed by atoms with Gasteiger partial charge in [0.05, 0.1) is 6.20 Å². The molecule has 6 heteroatoms. The maximum absolute atomic E-state index is 12.6. The standard InChI is InChI=1S/C23H22N4O2/c1-27(2)19-10-7-15(8-11-19)21(28)25-18-5-3-4-16(6-9-18)22-26-23-12-17(23)13-24-14-20(23)29-22/h3,5-11,13-14,17H,4,12H2,1-2H3,(H,25,28). The van der Waals surface area contributed by atoms with Crippen LogP contribution in [0.15, 0.2) is 81.8 Å². The Morgan fingerprint density at radius 3 is 2.83 bits per heavy atom. The first-order valence-electron chi connectivity index (χ1n) is 9.73. The molecule has 29 heavy (non-hydrogen) atoms. The Morgan fingerprint density at radius 2 is 2.07 bits per heavy atom. The Hall–Kier alpha value is -3.41. The zero-order valence-electron chi connectivity index (χ0n) is 16.4. The zero-order valence-corrected chi connectivity index (χ0v) is 16.4. The number of nitrogens with zero attached hydrogens (tertiary/aromatic N) is 3. The second kappa shape index (κ2) is 6.58. The first-order valence-corrected chi connectivity index (χ1v) is 9.73. The van der Waals surface area contributed by atoms with Crippen LogP contribution in [0.1, 0.15) is 23.2 Å². The number of aliphatic imine (C=N–C) groups is 2. The fourth-order valence-electron chi connectivity index (χ4n) is 3.79. The van der Waals surface area contributed by atoms with Gasteiger partial charge in [0, 0.05) is 48.7 Å². The average molecular weight is 386 g/mol. The lowest BCUT2D eigenvalue weighted by Crippen LogP contribution is -2.21. The lowest BCUT2D eigenvalue weighted by Gasteiger charge is -2.12. The molecule has 2 unspecified atom stereocenters. The highest BCUT2D eigenvalue weighted by Crippen LogP contribution is 2.56. The predicted molar refractivity (Wildman–Crippen MR) is 114 cm³/mol. The van der Waals surface area contributed by atoms with E-state index in [2.05, 4.69) is 10.3 Å². The zero-order chi connectivity index (χ0) is 20.0. The molecule has 1 amide bonds. The summed E-state index contributed by atoms with van der Waals surface area (Å²) < 4.78 is 6.00. The third-order valence-corrected chi connectivity index (χ3v) is 5.65. The summed E-state index contributed by atoms with van der Waals surface area (Å²) in [5.74, 6) is 1.75. The van der Waals surface area contributed by atoms with Crippen molar-refractivity contribution in [3.05, 3.63) is 77.4 Å². The van der Waals surface area contributed by atoms with Crippen LogP contribution in [0.4, 0.5) is 5.69 Å². The first kappa shape index (κ1) is 17.7. The molecule has 1 aromatic carbocycles. The van der Waals surface area contributed by atoms with Crippen LogP contribution >= 0.6 is 0 Å². The van der Waals surface area contributed by atoms with E-state index in [1.165, 1.54) is 0 Å². The number of carbonyl (C=O) groups is 1. The minimum Gasteiger partial charge on any atom is -0.439 e. The smallest absolute Gasteiger partial charge is 0.255 e. The van der Waals surface area contributed by atoms with E-state index < -0.39 is 0 Å². The van der Waals surface area contributed by atoms with Crippen molar-refractivity contribution in [1.29, 1.82) is 0 Å². The van der Waals surface area contributed by atoms with Crippen molar-refractivity contribution in [3.8, 4) is 0 Å². The van der Waals surface area contributed by atoms with E-state index in [1.807, 2.05) is 73.8 Å². The van der Waals surface area contributed by atoms with Crippen LogP contribution in [-0.4, -0.2) is 37.7 Å². The topological polar surface area (TPSA) is 66.3 Å². The molecule has 1 fully saturated rings. The van der Waals surface area contributed by atoms with E-state index in [1.54, 1.807) is 6.20 Å². The number of hydrogen-bond acceptors (Lipinski definition) is 5. The number of rotatable bonds is 4. The lowest BCUT2D eigenvalue weighted by molar-refractivity contribution is 0.0967. The van der Waals surface area contributed by atoms with Crippen molar-refractivity contribution in [2.24, 2.45) is 15.9 Å². The summed E-state index contributed by atoms with van der Waals surface area (Å²) in [5, 5.41) is 2.97. The van der Waals surface area contributed by atoms with Crippen molar-refractivity contribution < 1.29 is 9.53 Å². The molecule has 2 heterocycles. The van der Waals surface area contributed by atoms with Crippen LogP contribution in [0.2, 0.25) is 0 Å². The minimum absolute atomic E-state index is 0.134. The highest BCUT2D eigenvalue weighted by atomic mass is 16.5. The average Bonchev–Trinajstić information content (AvgIpc) is 3.39. The maximum atomic E-state index is 12.6. The van der Waals surface area contributed by atoms with Gasteiger partial charge in [-0.2, -0.15) is 0 Å². The molecule has 2 aliphatic heterocycles. The Balaban J connectivity index is 1.30. The van der Waals surface area contributed by atoms with Gasteiger partial charge in [-0.1, -0.05) is 12.2 Å². The number of ether oxygens (including phenoxy) is 1. The van der Waals surface area contributed by atoms with Crippen molar-refractivity contribution in [2.75, 3.05) is 19.0 Å². The molecule has 1 saturated carbocycles. The highest BCUT2D eigenvalue weighted by molar-refractivity contribution is 5.99. The molecule has 0 bridgehead atoms. The summed E-state index contributed by atoms with van der Waals surface area (Å²) in [6, 6.07) is 7.53. The van der Waals surface area contributed by atoms with Gasteiger partial charge in [-0.05, 0) is 49.3 Å². The van der Waals surface area contributed by atoms with Crippen LogP contribution < -0.4 is 10.2 Å². The van der Waals surface area contributed by atoms with Crippen molar-refractivity contribution in [1.82, 2.24) is 5.32 Å². The quantitative estimate of drug-likeness (QED) is 0.863. The Bertz CT molecular complexity index is 1060. The SMILES string of the molecule is CN(C)c1ccc(C(=O)NC2=CC=C(C3=NC45CC4C=NC=C5O3)CC=C2)cc1. The second-order valence-electron chi connectivity index (χ2n) is 7.86. The van der Waals surface area contributed by atoms with Gasteiger partial charge in [0.1, 0.15) is 5.54 Å². The number of allylic oxidation sites excluding steroid dienone is 4. The summed E-state index contributed by atoms with van der Waals surface area (Å²) >= 11 is 0. The number of carbonyl (C=O) groups excluding carboxylic acids is 1. The summed E-state index contributed by atoms with van der Waals surface area (Å²) in [6.45, 7) is 0. The van der Waals surface area contributed by atoms with E-state index in [-0.39, 0.29) is 11.4 Å². The number of hydrogen-bond donors (Lipinski definition) is 1. The molecular weight excluding hydrogens is 364 g/mol. The van der Waals surface area contributed by atoms with Crippen molar-refractivity contribution in [3.63, 3.8) is 0 Å². The number of benzene rings is 1. The summed E-state index contributed by atoms with van der Waals surface area (Å²) in [5.41, 5.74) is 3.21. The van der Waals surface area contributed by atoms with Gasteiger partial charge >= 0.3 is 0 Å². The Morgan fingerprint density at radius 1 is 1.24 bits per heavy atom. The van der Waals surface area contributed by atoms with E-state index in [9.17, 15) is 4.79 Å². The molecule has 0 saturated heterocycles. The van der Waals surface area contributed by atoms with Crippen LogP contribution in [-0.2, 0) is 4.74 Å². The monoisotopic (exact) mass is 386 g/mol. The fourth-order valence-corrected chi connectivity index (χ4v) is 3.79. The Labute approximate surface area is 169 Å². The van der Waals surface area contributed by atoms with Gasteiger partial charge in [-0.3, -0.25) is 9.79 Å². The van der Waals surface area contributed by atoms with E-state index >= 15 is 0 Å². The van der Waals surface area contributed by atoms with E-state index in [4.69, 9.17) is 9.73 Å². The van der Waals surface area contributed by atoms with Crippen LogP contribution in [0.25, 0.3) is 0 Å². The predicted octanol–water partition coefficient (Wildman–Crippen LogP) is 3.37. The Kier molecular flexibility index (Phi) is 4.01. The highest BCUT2D eigenvalue weighted by Gasteiger charge is 2.62. The number of nitrogens with one attached hydrogen (secondary N) is 1. The molecule has 146 valence electrons. The molecular formula is C23H22N4O2. The summed E-state index contributed by atoms with van der Waals surface area (Å²) in [7, 11) is 3.94. The molecule has 1 aromatic rings. The maximum Gasteiger partial charge on any atom is 0.255 e. The minimum atomic E-state index is -0.201. The van der Waals surface area contributed by atoms with Crippen LogP contribution in [0.5, 0.6) is 0 Å². The lowest BCUT2D eigenvalue weighted by atomic mass is 10.1. The van der Waals surface area contributed by atoms with Gasteiger partial charge < -0.3 is 15.0 Å². The second-order valence-corrected chi connectivity index (χ2v) is 7.86. The van der Waals surface area contributed by atoms with Gasteiger partial charge in [-0.25, -0.2) is 4.99 Å². The third kappa shape index (κ3) is 3.10. The molecule has 0 radical (unpaired) electrons. The largest absolute Gasteiger partial charge is 0.439 e. The fraction of sp³-hybridized carbons (Fsp3) is 0.261. The first-order chi connectivity index (χ1) is 14.0. The molecule has 2 atom stereocenters. The van der Waals surface area contributed by atoms with Gasteiger partial charge in [0.15, 0.2) is 5.76 Å². The third-order valence-electron chi connectivity index (χ3n) is 5.65. The van der Waals surface area contributed by atoms with Gasteiger partial charge in [-0.15, -0.1) is 0 Å². The van der Waals surface area contributed by atoms with Gasteiger partial charge in [0.2, 0.25) is 5.90 Å². The van der Waals surface area contributed by atoms with Crippen molar-refractivity contribution in [2.45, 2.75) is 18.4 Å². The molecule has 4 aliphatic rings. The van der Waals surface area contributed by atoms with Crippen LogP contribution in [0.3, 0.4) is 0 Å². The molecule has 6 nitrogen and oxygen atoms in total. The van der Waals surface area contributed by atoms with Gasteiger partial charge in [0.25, 0.3) is 5.91 Å². The normalized spacial score (nSPS) is 26.1. The van der Waals surface area contributed by atoms with E-state index in [0.717, 1.165) is 29.1 Å². The van der Waals surface area contributed by atoms with E-state index in [0.29, 0.717) is 23.8 Å². The summed E-state index contributed by atoms with van der Waals surface area (Å²) in [6.07, 6.45) is 13.2. The summed E-state index contributed by atoms with van der Waals surface area (Å²) in [4.78, 5) is 23.7. The molecule has 1 N–H and O–H groups in total. The molecule has 2 aliphatic carbocycles. The van der Waals surface area contributed by atoms with Crippen LogP contribution in [0, 0.1) is 5.92 Å². The number of anilines is 1.